The largest absolute Gasteiger partial charge is 0.480 e. The van der Waals surface area contributed by atoms with Crippen LogP contribution in [0.2, 0.25) is 0 Å². The molecule has 1 heterocycles. The number of anilines is 1. The SMILES string of the molecule is CC=C(C)Oc1ccc(-c2nc(NC(C)C(=O)O)cc(C(N)=O)n2)cc1. The Kier molecular flexibility index (Phi) is 5.90. The Labute approximate surface area is 150 Å². The number of nitrogens with two attached hydrogens (primary N) is 1. The number of carboxylic acid groups (broad SMARTS) is 1. The highest BCUT2D eigenvalue weighted by molar-refractivity contribution is 5.92. The maximum Gasteiger partial charge on any atom is 0.325 e. The van der Waals surface area contributed by atoms with Gasteiger partial charge in [0, 0.05) is 11.6 Å². The highest BCUT2D eigenvalue weighted by Crippen LogP contribution is 2.22. The molecule has 0 bridgehead atoms. The van der Waals surface area contributed by atoms with Crippen LogP contribution >= 0.6 is 0 Å². The molecule has 136 valence electrons. The predicted octanol–water partition coefficient (Wildman–Crippen LogP) is 2.43. The van der Waals surface area contributed by atoms with Crippen molar-refractivity contribution in [3.63, 3.8) is 0 Å². The summed E-state index contributed by atoms with van der Waals surface area (Å²) in [6.07, 6.45) is 1.84. The van der Waals surface area contributed by atoms with Crippen LogP contribution in [0, 0.1) is 0 Å². The molecule has 4 N–H and O–H groups in total. The summed E-state index contributed by atoms with van der Waals surface area (Å²) in [6.45, 7) is 5.18. The molecule has 0 saturated carbocycles. The van der Waals surface area contributed by atoms with Crippen LogP contribution in [0.3, 0.4) is 0 Å². The van der Waals surface area contributed by atoms with Crippen LogP contribution in [0.15, 0.2) is 42.2 Å². The first-order valence-corrected chi connectivity index (χ1v) is 7.89. The number of aliphatic carboxylic acids is 1. The van der Waals surface area contributed by atoms with Crippen LogP contribution in [0.5, 0.6) is 5.75 Å². The van der Waals surface area contributed by atoms with Gasteiger partial charge in [-0.3, -0.25) is 9.59 Å². The third-order valence-electron chi connectivity index (χ3n) is 3.51. The quantitative estimate of drug-likeness (QED) is 0.650. The summed E-state index contributed by atoms with van der Waals surface area (Å²) in [5.74, 6) is 0.0709. The highest BCUT2D eigenvalue weighted by atomic mass is 16.5. The van der Waals surface area contributed by atoms with Gasteiger partial charge < -0.3 is 20.9 Å². The lowest BCUT2D eigenvalue weighted by atomic mass is 10.2. The van der Waals surface area contributed by atoms with Crippen LogP contribution in [0.4, 0.5) is 5.82 Å². The van der Waals surface area contributed by atoms with Gasteiger partial charge in [0.1, 0.15) is 23.3 Å². The van der Waals surface area contributed by atoms with E-state index in [2.05, 4.69) is 15.3 Å². The fraction of sp³-hybridized carbons (Fsp3) is 0.222. The Balaban J connectivity index is 2.36. The first-order chi connectivity index (χ1) is 12.3. The van der Waals surface area contributed by atoms with E-state index in [0.717, 1.165) is 5.76 Å². The summed E-state index contributed by atoms with van der Waals surface area (Å²) in [6, 6.07) is 7.40. The number of aromatic nitrogens is 2. The monoisotopic (exact) mass is 356 g/mol. The Morgan fingerprint density at radius 3 is 2.46 bits per heavy atom. The van der Waals surface area contributed by atoms with Gasteiger partial charge in [0.15, 0.2) is 5.82 Å². The van der Waals surface area contributed by atoms with E-state index in [1.165, 1.54) is 13.0 Å². The molecule has 0 radical (unpaired) electrons. The second kappa shape index (κ2) is 8.11. The molecule has 2 rings (SSSR count). The number of allylic oxidation sites excluding steroid dienone is 2. The molecule has 0 aliphatic rings. The summed E-state index contributed by atoms with van der Waals surface area (Å²) < 4.78 is 5.59. The number of carbonyl (C=O) groups excluding carboxylic acids is 1. The van der Waals surface area contributed by atoms with Crippen LogP contribution in [0.25, 0.3) is 11.4 Å². The van der Waals surface area contributed by atoms with Gasteiger partial charge in [0.2, 0.25) is 0 Å². The number of ether oxygens (including phenoxy) is 1. The van der Waals surface area contributed by atoms with E-state index in [1.807, 2.05) is 19.9 Å². The maximum absolute atomic E-state index is 11.5. The van der Waals surface area contributed by atoms with Gasteiger partial charge in [0.05, 0.1) is 5.76 Å². The first-order valence-electron chi connectivity index (χ1n) is 7.89. The van der Waals surface area contributed by atoms with E-state index in [-0.39, 0.29) is 17.3 Å². The molecule has 1 unspecified atom stereocenters. The zero-order chi connectivity index (χ0) is 19.3. The van der Waals surface area contributed by atoms with Gasteiger partial charge >= 0.3 is 5.97 Å². The molecule has 1 aromatic carbocycles. The van der Waals surface area contributed by atoms with Crippen molar-refractivity contribution in [1.82, 2.24) is 9.97 Å². The molecule has 1 amide bonds. The van der Waals surface area contributed by atoms with Crippen LogP contribution in [0.1, 0.15) is 31.3 Å². The van der Waals surface area contributed by atoms with Crippen molar-refractivity contribution < 1.29 is 19.4 Å². The van der Waals surface area contributed by atoms with Crippen molar-refractivity contribution in [1.29, 1.82) is 0 Å². The molecule has 0 fully saturated rings. The summed E-state index contributed by atoms with van der Waals surface area (Å²) in [5.41, 5.74) is 5.93. The van der Waals surface area contributed by atoms with E-state index >= 15 is 0 Å². The van der Waals surface area contributed by atoms with E-state index < -0.39 is 17.9 Å². The van der Waals surface area contributed by atoms with Gasteiger partial charge in [-0.05, 0) is 51.1 Å². The number of hydrogen-bond donors (Lipinski definition) is 3. The molecule has 8 heteroatoms. The zero-order valence-corrected chi connectivity index (χ0v) is 14.7. The summed E-state index contributed by atoms with van der Waals surface area (Å²) in [7, 11) is 0. The third kappa shape index (κ3) is 4.79. The van der Waals surface area contributed by atoms with Gasteiger partial charge in [-0.2, -0.15) is 0 Å². The molecule has 1 aromatic heterocycles. The van der Waals surface area contributed by atoms with Crippen LogP contribution in [-0.2, 0) is 4.79 Å². The summed E-state index contributed by atoms with van der Waals surface area (Å²) >= 11 is 0. The van der Waals surface area contributed by atoms with Crippen molar-refractivity contribution in [2.24, 2.45) is 5.73 Å². The lowest BCUT2D eigenvalue weighted by molar-refractivity contribution is -0.137. The topological polar surface area (TPSA) is 127 Å². The highest BCUT2D eigenvalue weighted by Gasteiger charge is 2.15. The lowest BCUT2D eigenvalue weighted by Gasteiger charge is -2.12. The van der Waals surface area contributed by atoms with E-state index in [0.29, 0.717) is 11.3 Å². The van der Waals surface area contributed by atoms with Crippen molar-refractivity contribution in [3.8, 4) is 17.1 Å². The zero-order valence-electron chi connectivity index (χ0n) is 14.7. The number of benzene rings is 1. The maximum atomic E-state index is 11.5. The number of carboxylic acids is 1. The number of primary amides is 1. The Hall–Kier alpha value is -3.42. The van der Waals surface area contributed by atoms with Crippen molar-refractivity contribution >= 4 is 17.7 Å². The predicted molar refractivity (Wildman–Crippen MR) is 96.8 cm³/mol. The molecule has 26 heavy (non-hydrogen) atoms. The third-order valence-corrected chi connectivity index (χ3v) is 3.51. The fourth-order valence-corrected chi connectivity index (χ4v) is 1.98. The molecule has 0 spiro atoms. The lowest BCUT2D eigenvalue weighted by Crippen LogP contribution is -2.26. The molecule has 1 atom stereocenters. The molecular weight excluding hydrogens is 336 g/mol. The van der Waals surface area contributed by atoms with Gasteiger partial charge in [-0.25, -0.2) is 9.97 Å². The van der Waals surface area contributed by atoms with Gasteiger partial charge in [-0.1, -0.05) is 0 Å². The Morgan fingerprint density at radius 1 is 1.27 bits per heavy atom. The summed E-state index contributed by atoms with van der Waals surface area (Å²) in [4.78, 5) is 30.9. The van der Waals surface area contributed by atoms with Crippen molar-refractivity contribution in [3.05, 3.63) is 47.9 Å². The molecule has 2 aromatic rings. The number of nitrogens with zero attached hydrogens (tertiary/aromatic N) is 2. The minimum Gasteiger partial charge on any atom is -0.480 e. The second-order valence-electron chi connectivity index (χ2n) is 5.56. The van der Waals surface area contributed by atoms with E-state index in [4.69, 9.17) is 15.6 Å². The van der Waals surface area contributed by atoms with Crippen LogP contribution < -0.4 is 15.8 Å². The molecule has 0 aliphatic heterocycles. The average Bonchev–Trinajstić information content (AvgIpc) is 2.61. The molecule has 8 nitrogen and oxygen atoms in total. The van der Waals surface area contributed by atoms with E-state index in [1.54, 1.807) is 24.3 Å². The number of amides is 1. The van der Waals surface area contributed by atoms with Crippen molar-refractivity contribution in [2.45, 2.75) is 26.8 Å². The smallest absolute Gasteiger partial charge is 0.325 e. The first kappa shape index (κ1) is 18.9. The van der Waals surface area contributed by atoms with Gasteiger partial charge in [-0.15, -0.1) is 0 Å². The molecule has 0 aliphatic carbocycles. The minimum absolute atomic E-state index is 0.0137. The number of hydrogen-bond acceptors (Lipinski definition) is 6. The summed E-state index contributed by atoms with van der Waals surface area (Å²) in [5, 5.41) is 11.7. The van der Waals surface area contributed by atoms with Crippen molar-refractivity contribution in [2.75, 3.05) is 5.32 Å². The Morgan fingerprint density at radius 2 is 1.92 bits per heavy atom. The number of rotatable bonds is 7. The minimum atomic E-state index is -1.05. The fourth-order valence-electron chi connectivity index (χ4n) is 1.98. The second-order valence-corrected chi connectivity index (χ2v) is 5.56. The molecule has 0 saturated heterocycles. The van der Waals surface area contributed by atoms with Crippen LogP contribution in [-0.4, -0.2) is 33.0 Å². The number of carbonyl (C=O) groups is 2. The van der Waals surface area contributed by atoms with Gasteiger partial charge in [0.25, 0.3) is 5.91 Å². The molecular formula is C18H20N4O4. The normalized spacial score (nSPS) is 12.3. The Bertz CT molecular complexity index is 847. The number of nitrogens with one attached hydrogen (secondary N) is 1. The standard InChI is InChI=1S/C18H20N4O4/c1-4-10(2)26-13-7-5-12(6-8-13)17-21-14(16(19)23)9-15(22-17)20-11(3)18(24)25/h4-9,11H,1-3H3,(H2,19,23)(H,24,25)(H,20,21,22). The van der Waals surface area contributed by atoms with E-state index in [9.17, 15) is 9.59 Å². The average molecular weight is 356 g/mol.